The first-order valence-electron chi connectivity index (χ1n) is 7.67. The molecule has 2 aliphatic rings. The van der Waals surface area contributed by atoms with Crippen LogP contribution in [-0.4, -0.2) is 64.4 Å². The number of ether oxygens (including phenoxy) is 2. The van der Waals surface area contributed by atoms with Crippen molar-refractivity contribution in [1.82, 2.24) is 10.2 Å². The van der Waals surface area contributed by atoms with Gasteiger partial charge in [0.1, 0.15) is 0 Å². The molecular formula is C15H28N2O3. The lowest BCUT2D eigenvalue weighted by molar-refractivity contribution is -0.125. The Bertz CT molecular complexity index is 318. The van der Waals surface area contributed by atoms with E-state index in [4.69, 9.17) is 9.47 Å². The molecule has 0 bridgehead atoms. The molecule has 2 fully saturated rings. The molecule has 1 aliphatic carbocycles. The number of methoxy groups -OCH3 is 2. The third kappa shape index (κ3) is 3.93. The zero-order chi connectivity index (χ0) is 14.4. The number of nitrogens with zero attached hydrogens (tertiary/aromatic N) is 1. The lowest BCUT2D eigenvalue weighted by Crippen LogP contribution is -2.46. The maximum atomic E-state index is 12.2. The number of hydrogen-bond acceptors (Lipinski definition) is 4. The van der Waals surface area contributed by atoms with Crippen molar-refractivity contribution in [1.29, 1.82) is 0 Å². The van der Waals surface area contributed by atoms with E-state index in [2.05, 4.69) is 10.2 Å². The van der Waals surface area contributed by atoms with Gasteiger partial charge in [0, 0.05) is 39.3 Å². The maximum Gasteiger partial charge on any atom is 0.224 e. The minimum absolute atomic E-state index is 0.145. The predicted molar refractivity (Wildman–Crippen MR) is 77.6 cm³/mol. The van der Waals surface area contributed by atoms with Crippen LogP contribution < -0.4 is 5.32 Å². The highest BCUT2D eigenvalue weighted by molar-refractivity contribution is 5.79. The molecule has 1 amide bonds. The molecule has 0 aromatic rings. The average Bonchev–Trinajstić information content (AvgIpc) is 2.87. The van der Waals surface area contributed by atoms with E-state index in [1.54, 1.807) is 14.2 Å². The summed E-state index contributed by atoms with van der Waals surface area (Å²) < 4.78 is 10.4. The first kappa shape index (κ1) is 15.7. The van der Waals surface area contributed by atoms with Gasteiger partial charge in [0.05, 0.1) is 19.1 Å². The highest BCUT2D eigenvalue weighted by Crippen LogP contribution is 2.40. The van der Waals surface area contributed by atoms with Crippen molar-refractivity contribution in [3.8, 4) is 0 Å². The van der Waals surface area contributed by atoms with Crippen LogP contribution >= 0.6 is 0 Å². The molecule has 1 N–H and O–H groups in total. The minimum atomic E-state index is 0.145. The standard InChI is InChI=1S/C15H28N2O3/c1-19-9-8-17-7-4-13(10-17)14(18)16-11-15(12-20-2)5-3-6-15/h13H,3-12H2,1-2H3,(H,16,18)/t13-/m0/s1. The fourth-order valence-electron chi connectivity index (χ4n) is 3.24. The van der Waals surface area contributed by atoms with Gasteiger partial charge in [-0.2, -0.15) is 0 Å². The molecule has 1 saturated heterocycles. The van der Waals surface area contributed by atoms with Crippen molar-refractivity contribution >= 4 is 5.91 Å². The molecule has 0 aromatic carbocycles. The molecule has 116 valence electrons. The summed E-state index contributed by atoms with van der Waals surface area (Å²) in [7, 11) is 3.46. The first-order chi connectivity index (χ1) is 9.69. The molecule has 1 saturated carbocycles. The summed E-state index contributed by atoms with van der Waals surface area (Å²) in [6.45, 7) is 5.07. The molecule has 5 nitrogen and oxygen atoms in total. The highest BCUT2D eigenvalue weighted by Gasteiger charge is 2.38. The number of carbonyl (C=O) groups is 1. The van der Waals surface area contributed by atoms with E-state index in [-0.39, 0.29) is 17.2 Å². The van der Waals surface area contributed by atoms with Gasteiger partial charge < -0.3 is 19.7 Å². The monoisotopic (exact) mass is 284 g/mol. The Morgan fingerprint density at radius 2 is 2.15 bits per heavy atom. The van der Waals surface area contributed by atoms with Crippen molar-refractivity contribution in [2.45, 2.75) is 25.7 Å². The predicted octanol–water partition coefficient (Wildman–Crippen LogP) is 0.888. The minimum Gasteiger partial charge on any atom is -0.384 e. The number of nitrogens with one attached hydrogen (secondary N) is 1. The van der Waals surface area contributed by atoms with Gasteiger partial charge in [-0.05, 0) is 25.8 Å². The number of hydrogen-bond donors (Lipinski definition) is 1. The molecule has 0 spiro atoms. The van der Waals surface area contributed by atoms with Crippen LogP contribution in [0.1, 0.15) is 25.7 Å². The van der Waals surface area contributed by atoms with Crippen LogP contribution in [0.5, 0.6) is 0 Å². The molecule has 20 heavy (non-hydrogen) atoms. The van der Waals surface area contributed by atoms with E-state index in [0.717, 1.165) is 45.8 Å². The van der Waals surface area contributed by atoms with Gasteiger partial charge in [0.2, 0.25) is 5.91 Å². The summed E-state index contributed by atoms with van der Waals surface area (Å²) in [6.07, 6.45) is 4.57. The molecular weight excluding hydrogens is 256 g/mol. The Morgan fingerprint density at radius 1 is 1.35 bits per heavy atom. The van der Waals surface area contributed by atoms with Crippen LogP contribution in [-0.2, 0) is 14.3 Å². The fourth-order valence-corrected chi connectivity index (χ4v) is 3.24. The Balaban J connectivity index is 1.70. The zero-order valence-corrected chi connectivity index (χ0v) is 12.8. The molecule has 2 rings (SSSR count). The Kier molecular flexibility index (Phi) is 5.81. The number of rotatable bonds is 8. The first-order valence-corrected chi connectivity index (χ1v) is 7.67. The van der Waals surface area contributed by atoms with Gasteiger partial charge in [0.15, 0.2) is 0 Å². The fraction of sp³-hybridized carbons (Fsp3) is 0.933. The molecule has 1 atom stereocenters. The zero-order valence-electron chi connectivity index (χ0n) is 12.8. The van der Waals surface area contributed by atoms with Gasteiger partial charge in [-0.1, -0.05) is 6.42 Å². The van der Waals surface area contributed by atoms with Gasteiger partial charge in [-0.3, -0.25) is 4.79 Å². The van der Waals surface area contributed by atoms with E-state index in [0.29, 0.717) is 0 Å². The van der Waals surface area contributed by atoms with Gasteiger partial charge in [-0.25, -0.2) is 0 Å². The van der Waals surface area contributed by atoms with Crippen molar-refractivity contribution < 1.29 is 14.3 Å². The summed E-state index contributed by atoms with van der Waals surface area (Å²) in [6, 6.07) is 0. The normalized spacial score (nSPS) is 25.4. The van der Waals surface area contributed by atoms with Gasteiger partial charge >= 0.3 is 0 Å². The molecule has 1 heterocycles. The molecule has 0 radical (unpaired) electrons. The molecule has 5 heteroatoms. The largest absolute Gasteiger partial charge is 0.384 e. The smallest absolute Gasteiger partial charge is 0.224 e. The van der Waals surface area contributed by atoms with E-state index < -0.39 is 0 Å². The molecule has 1 aliphatic heterocycles. The Labute approximate surface area is 122 Å². The van der Waals surface area contributed by atoms with Gasteiger partial charge in [-0.15, -0.1) is 0 Å². The topological polar surface area (TPSA) is 50.8 Å². The van der Waals surface area contributed by atoms with Crippen molar-refractivity contribution in [2.75, 3.05) is 53.6 Å². The summed E-state index contributed by atoms with van der Waals surface area (Å²) in [5.41, 5.74) is 0.207. The van der Waals surface area contributed by atoms with Crippen molar-refractivity contribution in [2.24, 2.45) is 11.3 Å². The van der Waals surface area contributed by atoms with Crippen LogP contribution in [0.2, 0.25) is 0 Å². The van der Waals surface area contributed by atoms with Crippen LogP contribution in [0.3, 0.4) is 0 Å². The Hall–Kier alpha value is -0.650. The summed E-state index contributed by atoms with van der Waals surface area (Å²) in [5, 5.41) is 3.15. The van der Waals surface area contributed by atoms with E-state index in [1.165, 1.54) is 19.3 Å². The second-order valence-corrected chi connectivity index (χ2v) is 6.28. The van der Waals surface area contributed by atoms with Crippen LogP contribution in [0, 0.1) is 11.3 Å². The van der Waals surface area contributed by atoms with E-state index in [1.807, 2.05) is 0 Å². The number of amides is 1. The van der Waals surface area contributed by atoms with E-state index in [9.17, 15) is 4.79 Å². The second-order valence-electron chi connectivity index (χ2n) is 6.28. The summed E-state index contributed by atoms with van der Waals surface area (Å²) >= 11 is 0. The summed E-state index contributed by atoms with van der Waals surface area (Å²) in [5.74, 6) is 0.360. The molecule has 0 unspecified atom stereocenters. The van der Waals surface area contributed by atoms with Crippen molar-refractivity contribution in [3.05, 3.63) is 0 Å². The average molecular weight is 284 g/mol. The number of likely N-dealkylation sites (tertiary alicyclic amines) is 1. The second kappa shape index (κ2) is 7.38. The molecule has 0 aromatic heterocycles. The SMILES string of the molecule is COCCN1CC[C@H](C(=O)NCC2(COC)CCC2)C1. The van der Waals surface area contributed by atoms with Crippen LogP contribution in [0.25, 0.3) is 0 Å². The summed E-state index contributed by atoms with van der Waals surface area (Å²) in [4.78, 5) is 14.6. The lowest BCUT2D eigenvalue weighted by Gasteiger charge is -2.41. The number of carbonyl (C=O) groups excluding carboxylic acids is 1. The van der Waals surface area contributed by atoms with Gasteiger partial charge in [0.25, 0.3) is 0 Å². The lowest BCUT2D eigenvalue weighted by atomic mass is 9.69. The van der Waals surface area contributed by atoms with E-state index >= 15 is 0 Å². The van der Waals surface area contributed by atoms with Crippen LogP contribution in [0.4, 0.5) is 0 Å². The third-order valence-electron chi connectivity index (χ3n) is 4.76. The quantitative estimate of drug-likeness (QED) is 0.719. The maximum absolute atomic E-state index is 12.2. The third-order valence-corrected chi connectivity index (χ3v) is 4.76. The van der Waals surface area contributed by atoms with Crippen LogP contribution in [0.15, 0.2) is 0 Å². The Morgan fingerprint density at radius 3 is 2.75 bits per heavy atom. The van der Waals surface area contributed by atoms with Crippen molar-refractivity contribution in [3.63, 3.8) is 0 Å². The highest BCUT2D eigenvalue weighted by atomic mass is 16.5.